The van der Waals surface area contributed by atoms with E-state index >= 15 is 0 Å². The number of hydrogen-bond donors (Lipinski definition) is 1. The maximum absolute atomic E-state index is 13.1. The minimum absolute atomic E-state index is 0.192. The zero-order valence-electron chi connectivity index (χ0n) is 15.3. The number of nitrogens with one attached hydrogen (secondary N) is 1. The summed E-state index contributed by atoms with van der Waals surface area (Å²) >= 11 is 0. The Morgan fingerprint density at radius 3 is 2.70 bits per heavy atom. The normalized spacial score (nSPS) is 16.8. The van der Waals surface area contributed by atoms with E-state index in [1.807, 2.05) is 18.2 Å². The van der Waals surface area contributed by atoms with Crippen LogP contribution >= 0.6 is 0 Å². The molecule has 4 rings (SSSR count). The molecule has 1 aliphatic rings. The molecule has 0 spiro atoms. The molecule has 1 N–H and O–H groups in total. The van der Waals surface area contributed by atoms with Crippen LogP contribution in [-0.4, -0.2) is 33.9 Å². The second kappa shape index (κ2) is 8.31. The van der Waals surface area contributed by atoms with Crippen LogP contribution in [0, 0.1) is 5.82 Å². The lowest BCUT2D eigenvalue weighted by atomic mass is 10.1. The first-order chi connectivity index (χ1) is 13.3. The van der Waals surface area contributed by atoms with Crippen molar-refractivity contribution in [2.45, 2.75) is 32.0 Å². The van der Waals surface area contributed by atoms with Crippen molar-refractivity contribution in [2.75, 3.05) is 18.0 Å². The van der Waals surface area contributed by atoms with E-state index in [1.54, 1.807) is 6.33 Å². The first-order valence-electron chi connectivity index (χ1n) is 9.42. The number of nitrogens with zero attached hydrogens (tertiary/aromatic N) is 4. The average Bonchev–Trinajstić information content (AvgIpc) is 3.35. The van der Waals surface area contributed by atoms with Crippen molar-refractivity contribution in [3.8, 4) is 0 Å². The van der Waals surface area contributed by atoms with Crippen molar-refractivity contribution in [1.29, 1.82) is 0 Å². The average molecular weight is 365 g/mol. The summed E-state index contributed by atoms with van der Waals surface area (Å²) in [5.74, 6) is 0.772. The lowest BCUT2D eigenvalue weighted by molar-refractivity contribution is 0.519. The summed E-state index contributed by atoms with van der Waals surface area (Å²) in [5, 5.41) is 11.9. The Bertz CT molecular complexity index is 847. The summed E-state index contributed by atoms with van der Waals surface area (Å²) in [7, 11) is 0. The predicted molar refractivity (Wildman–Crippen MR) is 104 cm³/mol. The molecule has 0 bridgehead atoms. The van der Waals surface area contributed by atoms with E-state index in [0.29, 0.717) is 12.6 Å². The standard InChI is InChI=1S/C21H24FN5/c22-18-6-8-20(9-7-18)26-13-11-19(15-26)23-14-21-25-24-16-27(21)12-10-17-4-2-1-3-5-17/h1-9,16,19,23H,10-15H2. The summed E-state index contributed by atoms with van der Waals surface area (Å²) < 4.78 is 15.2. The molecule has 2 aromatic carbocycles. The first-order valence-corrected chi connectivity index (χ1v) is 9.42. The molecule has 5 nitrogen and oxygen atoms in total. The van der Waals surface area contributed by atoms with E-state index in [9.17, 15) is 4.39 Å². The van der Waals surface area contributed by atoms with Crippen LogP contribution in [0.25, 0.3) is 0 Å². The molecule has 1 saturated heterocycles. The van der Waals surface area contributed by atoms with E-state index in [1.165, 1.54) is 17.7 Å². The molecule has 0 amide bonds. The Hall–Kier alpha value is -2.73. The van der Waals surface area contributed by atoms with Gasteiger partial charge in [0.2, 0.25) is 0 Å². The highest BCUT2D eigenvalue weighted by Crippen LogP contribution is 2.20. The maximum atomic E-state index is 13.1. The Balaban J connectivity index is 1.28. The smallest absolute Gasteiger partial charge is 0.146 e. The number of hydrogen-bond acceptors (Lipinski definition) is 4. The van der Waals surface area contributed by atoms with Gasteiger partial charge in [0, 0.05) is 31.4 Å². The molecule has 1 atom stereocenters. The second-order valence-corrected chi connectivity index (χ2v) is 6.97. The molecular weight excluding hydrogens is 341 g/mol. The number of benzene rings is 2. The highest BCUT2D eigenvalue weighted by atomic mass is 19.1. The van der Waals surface area contributed by atoms with E-state index < -0.39 is 0 Å². The molecule has 0 saturated carbocycles. The van der Waals surface area contributed by atoms with Crippen LogP contribution in [0.5, 0.6) is 0 Å². The van der Waals surface area contributed by atoms with Crippen LogP contribution in [-0.2, 0) is 19.5 Å². The van der Waals surface area contributed by atoms with Crippen LogP contribution in [0.15, 0.2) is 60.9 Å². The molecule has 6 heteroatoms. The van der Waals surface area contributed by atoms with Crippen LogP contribution in [0.3, 0.4) is 0 Å². The first kappa shape index (κ1) is 17.7. The van der Waals surface area contributed by atoms with Gasteiger partial charge in [-0.1, -0.05) is 30.3 Å². The van der Waals surface area contributed by atoms with Crippen molar-refractivity contribution < 1.29 is 4.39 Å². The minimum Gasteiger partial charge on any atom is -0.370 e. The number of halogens is 1. The summed E-state index contributed by atoms with van der Waals surface area (Å²) in [6.45, 7) is 3.48. The van der Waals surface area contributed by atoms with Crippen molar-refractivity contribution >= 4 is 5.69 Å². The molecule has 27 heavy (non-hydrogen) atoms. The van der Waals surface area contributed by atoms with Crippen LogP contribution in [0.1, 0.15) is 17.8 Å². The third kappa shape index (κ3) is 4.52. The van der Waals surface area contributed by atoms with Crippen molar-refractivity contribution in [2.24, 2.45) is 0 Å². The minimum atomic E-state index is -0.192. The fraction of sp³-hybridized carbons (Fsp3) is 0.333. The summed E-state index contributed by atoms with van der Waals surface area (Å²) in [5.41, 5.74) is 2.39. The van der Waals surface area contributed by atoms with Gasteiger partial charge in [0.05, 0.1) is 6.54 Å². The third-order valence-corrected chi connectivity index (χ3v) is 5.11. The summed E-state index contributed by atoms with van der Waals surface area (Å²) in [4.78, 5) is 2.29. The monoisotopic (exact) mass is 365 g/mol. The lowest BCUT2D eigenvalue weighted by Crippen LogP contribution is -2.33. The van der Waals surface area contributed by atoms with Gasteiger partial charge < -0.3 is 14.8 Å². The van der Waals surface area contributed by atoms with Gasteiger partial charge in [-0.25, -0.2) is 4.39 Å². The van der Waals surface area contributed by atoms with Crippen LogP contribution in [0.4, 0.5) is 10.1 Å². The van der Waals surface area contributed by atoms with E-state index in [0.717, 1.165) is 44.0 Å². The number of anilines is 1. The number of aryl methyl sites for hydroxylation is 2. The van der Waals surface area contributed by atoms with Gasteiger partial charge in [0.15, 0.2) is 0 Å². The van der Waals surface area contributed by atoms with Crippen LogP contribution in [0.2, 0.25) is 0 Å². The van der Waals surface area contributed by atoms with E-state index in [4.69, 9.17) is 0 Å². The molecule has 3 aromatic rings. The molecule has 1 aliphatic heterocycles. The van der Waals surface area contributed by atoms with E-state index in [2.05, 4.69) is 49.2 Å². The Morgan fingerprint density at radius 2 is 1.89 bits per heavy atom. The fourth-order valence-electron chi connectivity index (χ4n) is 3.55. The van der Waals surface area contributed by atoms with Crippen molar-refractivity contribution in [1.82, 2.24) is 20.1 Å². The van der Waals surface area contributed by atoms with Crippen LogP contribution < -0.4 is 10.2 Å². The highest BCUT2D eigenvalue weighted by molar-refractivity contribution is 5.47. The topological polar surface area (TPSA) is 46.0 Å². The molecular formula is C21H24FN5. The van der Waals surface area contributed by atoms with Gasteiger partial charge in [-0.05, 0) is 42.7 Å². The molecule has 1 aromatic heterocycles. The maximum Gasteiger partial charge on any atom is 0.146 e. The zero-order chi connectivity index (χ0) is 18.5. The molecule has 0 radical (unpaired) electrons. The molecule has 140 valence electrons. The number of rotatable bonds is 7. The van der Waals surface area contributed by atoms with Gasteiger partial charge in [0.1, 0.15) is 18.0 Å². The van der Waals surface area contributed by atoms with Gasteiger partial charge >= 0.3 is 0 Å². The van der Waals surface area contributed by atoms with Crippen molar-refractivity contribution in [3.05, 3.63) is 78.1 Å². The second-order valence-electron chi connectivity index (χ2n) is 6.97. The third-order valence-electron chi connectivity index (χ3n) is 5.11. The molecule has 0 aliphatic carbocycles. The fourth-order valence-corrected chi connectivity index (χ4v) is 3.55. The summed E-state index contributed by atoms with van der Waals surface area (Å²) in [6, 6.07) is 17.6. The summed E-state index contributed by atoms with van der Waals surface area (Å²) in [6.07, 6.45) is 3.84. The Morgan fingerprint density at radius 1 is 1.07 bits per heavy atom. The number of aromatic nitrogens is 3. The van der Waals surface area contributed by atoms with Gasteiger partial charge in [-0.2, -0.15) is 0 Å². The quantitative estimate of drug-likeness (QED) is 0.699. The molecule has 1 fully saturated rings. The lowest BCUT2D eigenvalue weighted by Gasteiger charge is -2.19. The SMILES string of the molecule is Fc1ccc(N2CCC(NCc3nncn3CCc3ccccc3)C2)cc1. The predicted octanol–water partition coefficient (Wildman–Crippen LogP) is 3.03. The largest absolute Gasteiger partial charge is 0.370 e. The van der Waals surface area contributed by atoms with E-state index in [-0.39, 0.29) is 5.82 Å². The zero-order valence-corrected chi connectivity index (χ0v) is 15.3. The Kier molecular flexibility index (Phi) is 5.44. The highest BCUT2D eigenvalue weighted by Gasteiger charge is 2.22. The van der Waals surface area contributed by atoms with Gasteiger partial charge in [0.25, 0.3) is 0 Å². The van der Waals surface area contributed by atoms with Crippen molar-refractivity contribution in [3.63, 3.8) is 0 Å². The Labute approximate surface area is 158 Å². The molecule has 1 unspecified atom stereocenters. The van der Waals surface area contributed by atoms with Gasteiger partial charge in [-0.15, -0.1) is 10.2 Å². The van der Waals surface area contributed by atoms with Gasteiger partial charge in [-0.3, -0.25) is 0 Å². The molecule has 2 heterocycles.